The van der Waals surface area contributed by atoms with Crippen molar-refractivity contribution in [1.82, 2.24) is 4.90 Å². The Labute approximate surface area is 200 Å². The predicted molar refractivity (Wildman–Crippen MR) is 129 cm³/mol. The standard InChI is InChI=1S/C26H19Cl2NO4/c1-32-17-9-6-15(7-10-17)12-13-29-23(16-8-11-19(27)20(28)14-16)22-24(30)18-4-2-3-5-21(18)33-25(22)26(29)31/h2-11,14,23H,12-13H2,1H3. The zero-order valence-electron chi connectivity index (χ0n) is 17.7. The van der Waals surface area contributed by atoms with Crippen LogP contribution < -0.4 is 10.2 Å². The van der Waals surface area contributed by atoms with Crippen molar-refractivity contribution in [3.8, 4) is 5.75 Å². The van der Waals surface area contributed by atoms with Gasteiger partial charge in [-0.25, -0.2) is 0 Å². The average Bonchev–Trinajstić information content (AvgIpc) is 3.11. The third kappa shape index (κ3) is 3.77. The van der Waals surface area contributed by atoms with Crippen LogP contribution in [0.5, 0.6) is 5.75 Å². The number of benzene rings is 3. The average molecular weight is 480 g/mol. The Bertz CT molecular complexity index is 1430. The normalized spacial score (nSPS) is 15.2. The molecule has 0 bridgehead atoms. The van der Waals surface area contributed by atoms with Crippen molar-refractivity contribution in [2.75, 3.05) is 13.7 Å². The van der Waals surface area contributed by atoms with Gasteiger partial charge in [0, 0.05) is 6.54 Å². The Balaban J connectivity index is 1.60. The monoisotopic (exact) mass is 479 g/mol. The van der Waals surface area contributed by atoms with E-state index in [4.69, 9.17) is 32.4 Å². The molecule has 0 aliphatic carbocycles. The summed E-state index contributed by atoms with van der Waals surface area (Å²) in [6.45, 7) is 0.385. The number of ether oxygens (including phenoxy) is 1. The van der Waals surface area contributed by atoms with Crippen molar-refractivity contribution >= 4 is 40.1 Å². The number of hydrogen-bond donors (Lipinski definition) is 0. The number of fused-ring (bicyclic) bond motifs is 2. The summed E-state index contributed by atoms with van der Waals surface area (Å²) in [5.41, 5.74) is 2.24. The van der Waals surface area contributed by atoms with Gasteiger partial charge in [-0.05, 0) is 53.9 Å². The summed E-state index contributed by atoms with van der Waals surface area (Å²) < 4.78 is 11.2. The summed E-state index contributed by atoms with van der Waals surface area (Å²) in [5, 5.41) is 1.20. The van der Waals surface area contributed by atoms with Crippen LogP contribution in [0.25, 0.3) is 11.0 Å². The van der Waals surface area contributed by atoms with Gasteiger partial charge in [0.1, 0.15) is 11.3 Å². The first-order valence-electron chi connectivity index (χ1n) is 10.4. The maximum absolute atomic E-state index is 13.5. The molecule has 4 aromatic rings. The fraction of sp³-hybridized carbons (Fsp3) is 0.154. The van der Waals surface area contributed by atoms with Crippen LogP contribution in [0.2, 0.25) is 10.0 Å². The number of halogens is 2. The first-order chi connectivity index (χ1) is 16.0. The van der Waals surface area contributed by atoms with E-state index in [9.17, 15) is 9.59 Å². The summed E-state index contributed by atoms with van der Waals surface area (Å²) in [5.74, 6) is 0.514. The number of nitrogens with zero attached hydrogens (tertiary/aromatic N) is 1. The number of rotatable bonds is 5. The second kappa shape index (κ2) is 8.58. The van der Waals surface area contributed by atoms with Gasteiger partial charge in [0.15, 0.2) is 5.43 Å². The number of carbonyl (C=O) groups is 1. The van der Waals surface area contributed by atoms with E-state index in [0.29, 0.717) is 45.1 Å². The lowest BCUT2D eigenvalue weighted by Crippen LogP contribution is -2.31. The third-order valence-corrected chi connectivity index (χ3v) is 6.67. The highest BCUT2D eigenvalue weighted by Gasteiger charge is 2.42. The lowest BCUT2D eigenvalue weighted by Gasteiger charge is -2.25. The molecule has 1 aliphatic rings. The minimum atomic E-state index is -0.624. The van der Waals surface area contributed by atoms with Crippen LogP contribution in [0.3, 0.4) is 0 Å². The highest BCUT2D eigenvalue weighted by molar-refractivity contribution is 6.42. The molecule has 166 valence electrons. The summed E-state index contributed by atoms with van der Waals surface area (Å²) in [7, 11) is 1.62. The van der Waals surface area contributed by atoms with E-state index >= 15 is 0 Å². The Morgan fingerprint density at radius 1 is 0.970 bits per heavy atom. The fourth-order valence-corrected chi connectivity index (χ4v) is 4.58. The molecule has 33 heavy (non-hydrogen) atoms. The second-order valence-corrected chi connectivity index (χ2v) is 8.66. The van der Waals surface area contributed by atoms with Gasteiger partial charge in [-0.2, -0.15) is 0 Å². The van der Waals surface area contributed by atoms with Crippen molar-refractivity contribution in [1.29, 1.82) is 0 Å². The molecule has 7 heteroatoms. The highest BCUT2D eigenvalue weighted by atomic mass is 35.5. The predicted octanol–water partition coefficient (Wildman–Crippen LogP) is 5.90. The first kappa shape index (κ1) is 21.6. The third-order valence-electron chi connectivity index (χ3n) is 5.93. The molecule has 3 aromatic carbocycles. The number of hydrogen-bond acceptors (Lipinski definition) is 4. The minimum absolute atomic E-state index is 0.0736. The molecule has 0 fully saturated rings. The second-order valence-electron chi connectivity index (χ2n) is 7.84. The Morgan fingerprint density at radius 3 is 2.45 bits per heavy atom. The van der Waals surface area contributed by atoms with E-state index in [1.54, 1.807) is 54.5 Å². The molecule has 1 unspecified atom stereocenters. The van der Waals surface area contributed by atoms with Gasteiger partial charge in [-0.15, -0.1) is 0 Å². The molecule has 0 saturated heterocycles. The quantitative estimate of drug-likeness (QED) is 0.357. The molecule has 1 amide bonds. The van der Waals surface area contributed by atoms with Crippen LogP contribution in [0, 0.1) is 0 Å². The van der Waals surface area contributed by atoms with E-state index in [0.717, 1.165) is 11.3 Å². The van der Waals surface area contributed by atoms with Crippen molar-refractivity contribution in [2.45, 2.75) is 12.5 Å². The van der Waals surface area contributed by atoms with Crippen LogP contribution in [-0.2, 0) is 6.42 Å². The van der Waals surface area contributed by atoms with Gasteiger partial charge in [-0.1, -0.05) is 53.5 Å². The number of methoxy groups -OCH3 is 1. The molecule has 0 spiro atoms. The van der Waals surface area contributed by atoms with Gasteiger partial charge in [0.25, 0.3) is 5.91 Å². The fourth-order valence-electron chi connectivity index (χ4n) is 4.27. The molecule has 5 nitrogen and oxygen atoms in total. The summed E-state index contributed by atoms with van der Waals surface area (Å²) in [6.07, 6.45) is 0.593. The van der Waals surface area contributed by atoms with Gasteiger partial charge < -0.3 is 14.1 Å². The Morgan fingerprint density at radius 2 is 1.73 bits per heavy atom. The SMILES string of the molecule is COc1ccc(CCN2C(=O)c3oc4ccccc4c(=O)c3C2c2ccc(Cl)c(Cl)c2)cc1. The van der Waals surface area contributed by atoms with Gasteiger partial charge in [-0.3, -0.25) is 9.59 Å². The van der Waals surface area contributed by atoms with Crippen LogP contribution in [0.4, 0.5) is 0 Å². The molecule has 0 N–H and O–H groups in total. The number of para-hydroxylation sites is 1. The van der Waals surface area contributed by atoms with Gasteiger partial charge in [0.2, 0.25) is 5.76 Å². The van der Waals surface area contributed by atoms with Crippen LogP contribution in [-0.4, -0.2) is 24.5 Å². The minimum Gasteiger partial charge on any atom is -0.497 e. The van der Waals surface area contributed by atoms with Crippen LogP contribution in [0.15, 0.2) is 75.9 Å². The van der Waals surface area contributed by atoms with E-state index in [1.807, 2.05) is 24.3 Å². The smallest absolute Gasteiger partial charge is 0.290 e. The molecule has 1 aromatic heterocycles. The van der Waals surface area contributed by atoms with Crippen LogP contribution >= 0.6 is 23.2 Å². The van der Waals surface area contributed by atoms with Gasteiger partial charge >= 0.3 is 0 Å². The maximum atomic E-state index is 13.5. The summed E-state index contributed by atoms with van der Waals surface area (Å²) in [4.78, 5) is 28.6. The van der Waals surface area contributed by atoms with Crippen LogP contribution in [0.1, 0.15) is 33.3 Å². The largest absolute Gasteiger partial charge is 0.497 e. The van der Waals surface area contributed by atoms with E-state index in [2.05, 4.69) is 0 Å². The Hall–Kier alpha value is -3.28. The molecular formula is C26H19Cl2NO4. The van der Waals surface area contributed by atoms with Crippen molar-refractivity contribution in [3.63, 3.8) is 0 Å². The molecular weight excluding hydrogens is 461 g/mol. The summed E-state index contributed by atoms with van der Waals surface area (Å²) in [6, 6.07) is 19.2. The van der Waals surface area contributed by atoms with Crippen molar-refractivity contribution in [2.24, 2.45) is 0 Å². The molecule has 1 aliphatic heterocycles. The lowest BCUT2D eigenvalue weighted by molar-refractivity contribution is 0.0730. The van der Waals surface area contributed by atoms with Crippen molar-refractivity contribution in [3.05, 3.63) is 109 Å². The summed E-state index contributed by atoms with van der Waals surface area (Å²) >= 11 is 12.4. The zero-order valence-corrected chi connectivity index (χ0v) is 19.2. The Kier molecular flexibility index (Phi) is 5.60. The van der Waals surface area contributed by atoms with E-state index in [-0.39, 0.29) is 17.1 Å². The highest BCUT2D eigenvalue weighted by Crippen LogP contribution is 2.39. The van der Waals surface area contributed by atoms with Crippen molar-refractivity contribution < 1.29 is 13.9 Å². The maximum Gasteiger partial charge on any atom is 0.290 e. The zero-order chi connectivity index (χ0) is 23.1. The topological polar surface area (TPSA) is 59.8 Å². The molecule has 1 atom stereocenters. The van der Waals surface area contributed by atoms with E-state index in [1.165, 1.54) is 0 Å². The number of amides is 1. The van der Waals surface area contributed by atoms with E-state index < -0.39 is 6.04 Å². The first-order valence-corrected chi connectivity index (χ1v) is 11.2. The number of carbonyl (C=O) groups excluding carboxylic acids is 1. The molecule has 0 radical (unpaired) electrons. The molecule has 0 saturated carbocycles. The molecule has 2 heterocycles. The lowest BCUT2D eigenvalue weighted by atomic mass is 9.98. The molecule has 5 rings (SSSR count). The van der Waals surface area contributed by atoms with Gasteiger partial charge in [0.05, 0.1) is 34.1 Å².